The van der Waals surface area contributed by atoms with E-state index in [0.717, 1.165) is 11.1 Å². The Hall–Kier alpha value is -3.69. The van der Waals surface area contributed by atoms with Gasteiger partial charge >= 0.3 is 5.97 Å². The predicted molar refractivity (Wildman–Crippen MR) is 118 cm³/mol. The molecule has 0 bridgehead atoms. The molecule has 0 unspecified atom stereocenters. The fourth-order valence-electron chi connectivity index (χ4n) is 3.08. The van der Waals surface area contributed by atoms with E-state index in [1.165, 1.54) is 18.2 Å². The van der Waals surface area contributed by atoms with Gasteiger partial charge in [0.2, 0.25) is 5.82 Å². The SMILES string of the molecule is O=C(COc1cc(C(=O)O)cc2cc(Cl)cc(Cl)c12)NCc1ccc(-c2nn[nH]n2)cc1. The summed E-state index contributed by atoms with van der Waals surface area (Å²) < 4.78 is 5.62. The van der Waals surface area contributed by atoms with Crippen molar-refractivity contribution < 1.29 is 19.4 Å². The molecule has 3 aromatic carbocycles. The molecule has 162 valence electrons. The van der Waals surface area contributed by atoms with Crippen molar-refractivity contribution in [3.05, 3.63) is 69.7 Å². The summed E-state index contributed by atoms with van der Waals surface area (Å²) in [4.78, 5) is 23.7. The first-order valence-corrected chi connectivity index (χ1v) is 10.0. The molecular formula is C21H15Cl2N5O4. The Labute approximate surface area is 191 Å². The number of rotatable bonds is 7. The quantitative estimate of drug-likeness (QED) is 0.374. The number of benzene rings is 3. The van der Waals surface area contributed by atoms with Gasteiger partial charge in [-0.05, 0) is 40.4 Å². The Morgan fingerprint density at radius 2 is 1.88 bits per heavy atom. The maximum Gasteiger partial charge on any atom is 0.335 e. The number of hydrogen-bond acceptors (Lipinski definition) is 6. The fraction of sp³-hybridized carbons (Fsp3) is 0.0952. The molecule has 0 aliphatic heterocycles. The van der Waals surface area contributed by atoms with Gasteiger partial charge in [-0.2, -0.15) is 5.21 Å². The number of tetrazole rings is 1. The van der Waals surface area contributed by atoms with Gasteiger partial charge in [0.15, 0.2) is 6.61 Å². The molecule has 1 heterocycles. The summed E-state index contributed by atoms with van der Waals surface area (Å²) in [5.74, 6) is -0.862. The van der Waals surface area contributed by atoms with Gasteiger partial charge in [0.25, 0.3) is 5.91 Å². The van der Waals surface area contributed by atoms with E-state index >= 15 is 0 Å². The van der Waals surface area contributed by atoms with Crippen LogP contribution in [0.4, 0.5) is 0 Å². The Balaban J connectivity index is 1.43. The number of amides is 1. The lowest BCUT2D eigenvalue weighted by atomic mass is 10.1. The lowest BCUT2D eigenvalue weighted by molar-refractivity contribution is -0.123. The number of aromatic carboxylic acids is 1. The van der Waals surface area contributed by atoms with Crippen LogP contribution in [0.3, 0.4) is 0 Å². The third-order valence-corrected chi connectivity index (χ3v) is 5.10. The van der Waals surface area contributed by atoms with Crippen LogP contribution in [0.25, 0.3) is 22.2 Å². The second-order valence-electron chi connectivity index (χ2n) is 6.76. The number of halogens is 2. The average molecular weight is 472 g/mol. The Morgan fingerprint density at radius 1 is 1.09 bits per heavy atom. The lowest BCUT2D eigenvalue weighted by Gasteiger charge is -2.13. The molecule has 0 spiro atoms. The van der Waals surface area contributed by atoms with Crippen LogP contribution < -0.4 is 10.1 Å². The van der Waals surface area contributed by atoms with Crippen LogP contribution >= 0.6 is 23.2 Å². The highest BCUT2D eigenvalue weighted by atomic mass is 35.5. The second-order valence-corrected chi connectivity index (χ2v) is 7.61. The van der Waals surface area contributed by atoms with Gasteiger partial charge in [-0.1, -0.05) is 47.5 Å². The number of aromatic amines is 1. The first-order chi connectivity index (χ1) is 15.4. The summed E-state index contributed by atoms with van der Waals surface area (Å²) in [6.45, 7) is -0.0426. The first kappa shape index (κ1) is 21.5. The third kappa shape index (κ3) is 4.79. The molecule has 0 saturated carbocycles. The molecule has 9 nitrogen and oxygen atoms in total. The number of carbonyl (C=O) groups excluding carboxylic acids is 1. The molecule has 1 aromatic heterocycles. The molecule has 0 radical (unpaired) electrons. The van der Waals surface area contributed by atoms with Gasteiger partial charge in [0.05, 0.1) is 10.6 Å². The predicted octanol–water partition coefficient (Wildman–Crippen LogP) is 3.72. The highest BCUT2D eigenvalue weighted by Gasteiger charge is 2.15. The smallest absolute Gasteiger partial charge is 0.335 e. The van der Waals surface area contributed by atoms with Crippen molar-refractivity contribution in [3.63, 3.8) is 0 Å². The van der Waals surface area contributed by atoms with E-state index < -0.39 is 5.97 Å². The fourth-order valence-corrected chi connectivity index (χ4v) is 3.68. The van der Waals surface area contributed by atoms with Crippen LogP contribution in [0.5, 0.6) is 5.75 Å². The molecule has 0 atom stereocenters. The number of nitrogens with zero attached hydrogens (tertiary/aromatic N) is 3. The van der Waals surface area contributed by atoms with E-state index in [9.17, 15) is 14.7 Å². The Morgan fingerprint density at radius 3 is 2.56 bits per heavy atom. The van der Waals surface area contributed by atoms with Crippen molar-refractivity contribution in [2.45, 2.75) is 6.54 Å². The zero-order valence-corrected chi connectivity index (χ0v) is 17.8. The zero-order chi connectivity index (χ0) is 22.7. The monoisotopic (exact) mass is 471 g/mol. The number of ether oxygens (including phenoxy) is 1. The number of nitrogens with one attached hydrogen (secondary N) is 2. The van der Waals surface area contributed by atoms with Gasteiger partial charge in [-0.15, -0.1) is 10.2 Å². The van der Waals surface area contributed by atoms with Crippen LogP contribution in [0.1, 0.15) is 15.9 Å². The Kier molecular flexibility index (Phi) is 6.20. The van der Waals surface area contributed by atoms with E-state index in [4.69, 9.17) is 27.9 Å². The summed E-state index contributed by atoms with van der Waals surface area (Å²) in [5.41, 5.74) is 1.65. The van der Waals surface area contributed by atoms with Crippen LogP contribution in [0, 0.1) is 0 Å². The van der Waals surface area contributed by atoms with Crippen molar-refractivity contribution in [1.82, 2.24) is 25.9 Å². The minimum Gasteiger partial charge on any atom is -0.483 e. The molecule has 0 aliphatic carbocycles. The summed E-state index contributed by atoms with van der Waals surface area (Å²) >= 11 is 12.3. The standard InChI is InChI=1S/C21H15Cl2N5O4/c22-15-6-13-5-14(21(30)31)7-17(19(13)16(23)8-15)32-10-18(29)24-9-11-1-3-12(4-2-11)20-25-27-28-26-20/h1-8H,9-10H2,(H,24,29)(H,30,31)(H,25,26,27,28). The largest absolute Gasteiger partial charge is 0.483 e. The molecule has 0 aliphatic rings. The third-order valence-electron chi connectivity index (χ3n) is 4.58. The second kappa shape index (κ2) is 9.21. The molecule has 4 rings (SSSR count). The van der Waals surface area contributed by atoms with Crippen molar-refractivity contribution in [3.8, 4) is 17.1 Å². The highest BCUT2D eigenvalue weighted by Crippen LogP contribution is 2.36. The van der Waals surface area contributed by atoms with Crippen LogP contribution in [0.2, 0.25) is 10.0 Å². The summed E-state index contributed by atoms with van der Waals surface area (Å²) in [6.07, 6.45) is 0. The molecule has 4 aromatic rings. The molecule has 0 fully saturated rings. The molecule has 32 heavy (non-hydrogen) atoms. The molecule has 1 amide bonds. The van der Waals surface area contributed by atoms with Gasteiger partial charge in [-0.3, -0.25) is 4.79 Å². The van der Waals surface area contributed by atoms with Gasteiger partial charge in [0.1, 0.15) is 5.75 Å². The summed E-state index contributed by atoms with van der Waals surface area (Å²) in [5, 5.41) is 27.5. The Bertz CT molecular complexity index is 1290. The maximum absolute atomic E-state index is 12.3. The average Bonchev–Trinajstić information content (AvgIpc) is 3.30. The molecule has 0 saturated heterocycles. The maximum atomic E-state index is 12.3. The van der Waals surface area contributed by atoms with Crippen LogP contribution in [-0.4, -0.2) is 44.2 Å². The van der Waals surface area contributed by atoms with E-state index in [1.54, 1.807) is 6.07 Å². The lowest BCUT2D eigenvalue weighted by Crippen LogP contribution is -2.28. The van der Waals surface area contributed by atoms with Gasteiger partial charge in [-0.25, -0.2) is 4.79 Å². The van der Waals surface area contributed by atoms with Gasteiger partial charge < -0.3 is 15.2 Å². The topological polar surface area (TPSA) is 130 Å². The summed E-state index contributed by atoms with van der Waals surface area (Å²) in [7, 11) is 0. The van der Waals surface area contributed by atoms with Crippen LogP contribution in [0.15, 0.2) is 48.5 Å². The van der Waals surface area contributed by atoms with Crippen LogP contribution in [-0.2, 0) is 11.3 Å². The van der Waals surface area contributed by atoms with E-state index in [1.807, 2.05) is 24.3 Å². The van der Waals surface area contributed by atoms with Crippen molar-refractivity contribution in [1.29, 1.82) is 0 Å². The van der Waals surface area contributed by atoms with E-state index in [-0.39, 0.29) is 30.4 Å². The number of aromatic nitrogens is 4. The molecule has 3 N–H and O–H groups in total. The van der Waals surface area contributed by atoms with Crippen molar-refractivity contribution in [2.24, 2.45) is 0 Å². The number of carboxylic acid groups (broad SMARTS) is 1. The van der Waals surface area contributed by atoms with Crippen molar-refractivity contribution >= 4 is 45.9 Å². The minimum atomic E-state index is -1.14. The normalized spacial score (nSPS) is 10.8. The molecule has 11 heteroatoms. The summed E-state index contributed by atoms with van der Waals surface area (Å²) in [6, 6.07) is 13.2. The van der Waals surface area contributed by atoms with Crippen molar-refractivity contribution in [2.75, 3.05) is 6.61 Å². The van der Waals surface area contributed by atoms with Gasteiger partial charge in [0, 0.05) is 22.5 Å². The van der Waals surface area contributed by atoms with E-state index in [0.29, 0.717) is 26.6 Å². The number of H-pyrrole nitrogens is 1. The number of hydrogen-bond donors (Lipinski definition) is 3. The number of carbonyl (C=O) groups is 2. The number of carboxylic acids is 1. The highest BCUT2D eigenvalue weighted by molar-refractivity contribution is 6.39. The first-order valence-electron chi connectivity index (χ1n) is 9.29. The molecular weight excluding hydrogens is 457 g/mol. The zero-order valence-electron chi connectivity index (χ0n) is 16.3. The van der Waals surface area contributed by atoms with E-state index in [2.05, 4.69) is 25.9 Å². The minimum absolute atomic E-state index is 0.00654. The number of fused-ring (bicyclic) bond motifs is 1.